The average Bonchev–Trinajstić information content (AvgIpc) is 3.12. The number of nitrogens with zero attached hydrogens (tertiary/aromatic N) is 2. The van der Waals surface area contributed by atoms with Crippen molar-refractivity contribution in [1.29, 1.82) is 0 Å². The molecule has 3 aromatic rings. The molecule has 1 N–H and O–H groups in total. The predicted octanol–water partition coefficient (Wildman–Crippen LogP) is 4.02. The van der Waals surface area contributed by atoms with Crippen molar-refractivity contribution in [2.75, 3.05) is 6.61 Å². The highest BCUT2D eigenvalue weighted by Crippen LogP contribution is 2.33. The zero-order chi connectivity index (χ0) is 18.5. The number of nitrogens with one attached hydrogen (secondary N) is 1. The number of carbonyl (C=O) groups is 1. The number of H-pyrrole nitrogens is 1. The Labute approximate surface area is 153 Å². The van der Waals surface area contributed by atoms with E-state index in [1.807, 2.05) is 0 Å². The van der Waals surface area contributed by atoms with Crippen molar-refractivity contribution >= 4 is 17.6 Å². The van der Waals surface area contributed by atoms with Crippen molar-refractivity contribution in [2.45, 2.75) is 13.5 Å². The summed E-state index contributed by atoms with van der Waals surface area (Å²) in [4.78, 5) is 12.1. The lowest BCUT2D eigenvalue weighted by atomic mass is 10.1. The van der Waals surface area contributed by atoms with Gasteiger partial charge < -0.3 is 9.47 Å². The van der Waals surface area contributed by atoms with Crippen LogP contribution >= 0.6 is 11.6 Å². The molecule has 6 nitrogen and oxygen atoms in total. The Morgan fingerprint density at radius 3 is 2.81 bits per heavy atom. The van der Waals surface area contributed by atoms with E-state index in [1.165, 1.54) is 6.07 Å². The molecule has 0 aliphatic heterocycles. The molecule has 0 saturated heterocycles. The number of aromatic amines is 1. The molecule has 0 atom stereocenters. The van der Waals surface area contributed by atoms with Gasteiger partial charge in [-0.25, -0.2) is 9.18 Å². The largest absolute Gasteiger partial charge is 0.488 e. The molecule has 0 bridgehead atoms. The van der Waals surface area contributed by atoms with Gasteiger partial charge in [0.2, 0.25) is 0 Å². The number of hydrogen-bond acceptors (Lipinski definition) is 5. The van der Waals surface area contributed by atoms with Gasteiger partial charge in [-0.3, -0.25) is 0 Å². The fraction of sp³-hybridized carbons (Fsp3) is 0.167. The summed E-state index contributed by atoms with van der Waals surface area (Å²) in [5.41, 5.74) is 1.11. The van der Waals surface area contributed by atoms with Crippen LogP contribution < -0.4 is 4.74 Å². The summed E-state index contributed by atoms with van der Waals surface area (Å²) in [6, 6.07) is 11.2. The highest BCUT2D eigenvalue weighted by Gasteiger charge is 2.22. The lowest BCUT2D eigenvalue weighted by Gasteiger charge is -2.12. The van der Waals surface area contributed by atoms with E-state index in [4.69, 9.17) is 21.1 Å². The summed E-state index contributed by atoms with van der Waals surface area (Å²) in [5.74, 6) is -0.593. The molecule has 0 spiro atoms. The van der Waals surface area contributed by atoms with E-state index in [2.05, 4.69) is 15.4 Å². The van der Waals surface area contributed by atoms with Gasteiger partial charge in [-0.2, -0.15) is 10.3 Å². The Hall–Kier alpha value is -2.93. The maximum absolute atomic E-state index is 13.8. The van der Waals surface area contributed by atoms with Gasteiger partial charge in [-0.05, 0) is 31.2 Å². The standard InChI is InChI=1S/C18H15ClFN3O3/c1-2-25-18(24)17-16(21-23-22-17)13-9-12(19)7-8-15(13)26-10-11-5-3-4-6-14(11)20/h3-9H,2,10H2,1H3,(H,21,22,23). The molecular formula is C18H15ClFN3O3. The number of ether oxygens (including phenoxy) is 2. The molecule has 0 amide bonds. The zero-order valence-corrected chi connectivity index (χ0v) is 14.6. The molecule has 1 aromatic heterocycles. The Morgan fingerprint density at radius 1 is 1.23 bits per heavy atom. The van der Waals surface area contributed by atoms with E-state index < -0.39 is 5.97 Å². The van der Waals surface area contributed by atoms with Crippen molar-refractivity contribution < 1.29 is 18.7 Å². The van der Waals surface area contributed by atoms with Crippen molar-refractivity contribution in [3.63, 3.8) is 0 Å². The quantitative estimate of drug-likeness (QED) is 0.658. The van der Waals surface area contributed by atoms with E-state index in [0.717, 1.165) is 0 Å². The van der Waals surface area contributed by atoms with Crippen LogP contribution in [-0.4, -0.2) is 28.0 Å². The zero-order valence-electron chi connectivity index (χ0n) is 13.8. The molecule has 26 heavy (non-hydrogen) atoms. The molecule has 0 saturated carbocycles. The Balaban J connectivity index is 1.94. The molecule has 0 radical (unpaired) electrons. The lowest BCUT2D eigenvalue weighted by molar-refractivity contribution is 0.0520. The van der Waals surface area contributed by atoms with E-state index in [1.54, 1.807) is 43.3 Å². The topological polar surface area (TPSA) is 77.1 Å². The van der Waals surface area contributed by atoms with Crippen LogP contribution in [0.5, 0.6) is 5.75 Å². The van der Waals surface area contributed by atoms with Crippen molar-refractivity contribution in [3.8, 4) is 17.0 Å². The monoisotopic (exact) mass is 375 g/mol. The summed E-state index contributed by atoms with van der Waals surface area (Å²) in [6.45, 7) is 1.91. The van der Waals surface area contributed by atoms with E-state index in [-0.39, 0.29) is 30.4 Å². The first kappa shape index (κ1) is 17.9. The predicted molar refractivity (Wildman–Crippen MR) is 93.5 cm³/mol. The first-order valence-electron chi connectivity index (χ1n) is 7.84. The van der Waals surface area contributed by atoms with Crippen LogP contribution in [0, 0.1) is 5.82 Å². The summed E-state index contributed by atoms with van der Waals surface area (Å²) in [7, 11) is 0. The summed E-state index contributed by atoms with van der Waals surface area (Å²) in [5, 5.41) is 10.7. The van der Waals surface area contributed by atoms with Gasteiger partial charge in [0.15, 0.2) is 5.69 Å². The lowest BCUT2D eigenvalue weighted by Crippen LogP contribution is -2.07. The number of rotatable bonds is 6. The number of esters is 1. The van der Waals surface area contributed by atoms with E-state index in [9.17, 15) is 9.18 Å². The van der Waals surface area contributed by atoms with Crippen LogP contribution in [0.3, 0.4) is 0 Å². The molecule has 3 rings (SSSR count). The summed E-state index contributed by atoms with van der Waals surface area (Å²) >= 11 is 6.08. The molecule has 134 valence electrons. The molecule has 0 unspecified atom stereocenters. The van der Waals surface area contributed by atoms with Gasteiger partial charge in [0.05, 0.1) is 6.61 Å². The second-order valence-corrected chi connectivity index (χ2v) is 5.70. The second kappa shape index (κ2) is 7.97. The molecule has 0 aliphatic carbocycles. The number of benzene rings is 2. The smallest absolute Gasteiger partial charge is 0.361 e. The normalized spacial score (nSPS) is 10.6. The van der Waals surface area contributed by atoms with Gasteiger partial charge in [0, 0.05) is 16.1 Å². The second-order valence-electron chi connectivity index (χ2n) is 5.26. The third-order valence-electron chi connectivity index (χ3n) is 3.55. The minimum atomic E-state index is -0.615. The average molecular weight is 376 g/mol. The SMILES string of the molecule is CCOC(=O)c1n[nH]nc1-c1cc(Cl)ccc1OCc1ccccc1F. The van der Waals surface area contributed by atoms with Gasteiger partial charge in [-0.15, -0.1) is 5.10 Å². The molecule has 1 heterocycles. The maximum Gasteiger partial charge on any atom is 0.361 e. The minimum Gasteiger partial charge on any atom is -0.488 e. The van der Waals surface area contributed by atoms with Crippen LogP contribution in [-0.2, 0) is 11.3 Å². The number of aromatic nitrogens is 3. The van der Waals surface area contributed by atoms with Gasteiger partial charge >= 0.3 is 5.97 Å². The van der Waals surface area contributed by atoms with Crippen molar-refractivity contribution in [3.05, 3.63) is 64.6 Å². The van der Waals surface area contributed by atoms with Crippen LogP contribution in [0.1, 0.15) is 23.0 Å². The Morgan fingerprint density at radius 2 is 2.04 bits per heavy atom. The highest BCUT2D eigenvalue weighted by molar-refractivity contribution is 6.31. The van der Waals surface area contributed by atoms with E-state index in [0.29, 0.717) is 21.9 Å². The highest BCUT2D eigenvalue weighted by atomic mass is 35.5. The van der Waals surface area contributed by atoms with Gasteiger partial charge in [-0.1, -0.05) is 29.8 Å². The number of carbonyl (C=O) groups excluding carboxylic acids is 1. The van der Waals surface area contributed by atoms with Gasteiger partial charge in [0.25, 0.3) is 0 Å². The molecular weight excluding hydrogens is 361 g/mol. The van der Waals surface area contributed by atoms with Crippen LogP contribution in [0.4, 0.5) is 4.39 Å². The number of halogens is 2. The van der Waals surface area contributed by atoms with Gasteiger partial charge in [0.1, 0.15) is 23.9 Å². The fourth-order valence-corrected chi connectivity index (χ4v) is 2.52. The fourth-order valence-electron chi connectivity index (χ4n) is 2.34. The van der Waals surface area contributed by atoms with Crippen molar-refractivity contribution in [2.24, 2.45) is 0 Å². The van der Waals surface area contributed by atoms with Crippen molar-refractivity contribution in [1.82, 2.24) is 15.4 Å². The minimum absolute atomic E-state index is 0.00783. The third kappa shape index (κ3) is 3.83. The molecule has 2 aromatic carbocycles. The first-order valence-corrected chi connectivity index (χ1v) is 8.22. The summed E-state index contributed by atoms with van der Waals surface area (Å²) in [6.07, 6.45) is 0. The Bertz CT molecular complexity index is 930. The van der Waals surface area contributed by atoms with Crippen LogP contribution in [0.2, 0.25) is 5.02 Å². The third-order valence-corrected chi connectivity index (χ3v) is 3.79. The maximum atomic E-state index is 13.8. The molecule has 8 heteroatoms. The molecule has 0 aliphatic rings. The van der Waals surface area contributed by atoms with E-state index >= 15 is 0 Å². The first-order chi connectivity index (χ1) is 12.6. The molecule has 0 fully saturated rings. The Kier molecular flexibility index (Phi) is 5.48. The summed E-state index contributed by atoms with van der Waals surface area (Å²) < 4.78 is 24.5. The number of hydrogen-bond donors (Lipinski definition) is 1. The van der Waals surface area contributed by atoms with Crippen LogP contribution in [0.25, 0.3) is 11.3 Å². The van der Waals surface area contributed by atoms with Crippen LogP contribution in [0.15, 0.2) is 42.5 Å².